The van der Waals surface area contributed by atoms with Crippen molar-refractivity contribution in [1.29, 1.82) is 0 Å². The third kappa shape index (κ3) is 6.08. The zero-order valence-electron chi connectivity index (χ0n) is 11.5. The molecule has 0 saturated carbocycles. The lowest BCUT2D eigenvalue weighted by Gasteiger charge is -2.16. The van der Waals surface area contributed by atoms with Crippen molar-refractivity contribution in [3.05, 3.63) is 29.8 Å². The number of urea groups is 1. The third-order valence-electron chi connectivity index (χ3n) is 2.86. The summed E-state index contributed by atoms with van der Waals surface area (Å²) in [7, 11) is 1.57. The van der Waals surface area contributed by atoms with Crippen LogP contribution in [0.1, 0.15) is 18.4 Å². The van der Waals surface area contributed by atoms with E-state index < -0.39 is 5.97 Å². The number of nitrogens with zero attached hydrogens (tertiary/aromatic N) is 1. The fraction of sp³-hybridized carbons (Fsp3) is 0.429. The first-order chi connectivity index (χ1) is 9.49. The Labute approximate surface area is 118 Å². The van der Waals surface area contributed by atoms with Gasteiger partial charge in [-0.05, 0) is 30.5 Å². The van der Waals surface area contributed by atoms with Gasteiger partial charge in [-0.3, -0.25) is 4.79 Å². The molecule has 6 nitrogen and oxygen atoms in total. The molecule has 0 radical (unpaired) electrons. The first kappa shape index (κ1) is 15.8. The zero-order valence-corrected chi connectivity index (χ0v) is 11.5. The van der Waals surface area contributed by atoms with Gasteiger partial charge in [-0.2, -0.15) is 0 Å². The highest BCUT2D eigenvalue weighted by Crippen LogP contribution is 2.10. The number of aryl methyl sites for hydroxylation is 1. The number of carboxylic acid groups (broad SMARTS) is 1. The maximum absolute atomic E-state index is 11.6. The lowest BCUT2D eigenvalue weighted by molar-refractivity contribution is -0.137. The molecule has 0 heterocycles. The van der Waals surface area contributed by atoms with Gasteiger partial charge >= 0.3 is 12.0 Å². The zero-order chi connectivity index (χ0) is 15.0. The van der Waals surface area contributed by atoms with Crippen LogP contribution in [0, 0.1) is 0 Å². The van der Waals surface area contributed by atoms with Gasteiger partial charge in [-0.25, -0.2) is 4.79 Å². The number of amides is 2. The molecule has 0 spiro atoms. The van der Waals surface area contributed by atoms with E-state index in [1.807, 2.05) is 12.1 Å². The predicted molar refractivity (Wildman–Crippen MR) is 74.7 cm³/mol. The Morgan fingerprint density at radius 2 is 1.90 bits per heavy atom. The van der Waals surface area contributed by atoms with Gasteiger partial charge in [-0.1, -0.05) is 12.1 Å². The molecule has 0 fully saturated rings. The van der Waals surface area contributed by atoms with Gasteiger partial charge in [0.15, 0.2) is 0 Å². The van der Waals surface area contributed by atoms with E-state index in [2.05, 4.69) is 5.32 Å². The van der Waals surface area contributed by atoms with Crippen molar-refractivity contribution in [3.8, 4) is 5.75 Å². The van der Waals surface area contributed by atoms with E-state index in [1.165, 1.54) is 4.90 Å². The number of rotatable bonds is 7. The second-order valence-corrected chi connectivity index (χ2v) is 4.57. The largest absolute Gasteiger partial charge is 0.508 e. The lowest BCUT2D eigenvalue weighted by Crippen LogP contribution is -2.38. The molecule has 0 aliphatic rings. The Bertz CT molecular complexity index is 445. The molecule has 110 valence electrons. The SMILES string of the molecule is CN(CCC(=O)O)C(=O)NCCCc1ccc(O)cc1. The Hall–Kier alpha value is -2.24. The highest BCUT2D eigenvalue weighted by atomic mass is 16.4. The number of nitrogens with one attached hydrogen (secondary N) is 1. The van der Waals surface area contributed by atoms with Crippen LogP contribution in [-0.2, 0) is 11.2 Å². The van der Waals surface area contributed by atoms with Gasteiger partial charge in [-0.15, -0.1) is 0 Å². The number of hydrogen-bond acceptors (Lipinski definition) is 3. The highest BCUT2D eigenvalue weighted by molar-refractivity contribution is 5.74. The monoisotopic (exact) mass is 280 g/mol. The highest BCUT2D eigenvalue weighted by Gasteiger charge is 2.08. The fourth-order valence-electron chi connectivity index (χ4n) is 1.65. The van der Waals surface area contributed by atoms with Crippen LogP contribution in [0.5, 0.6) is 5.75 Å². The average Bonchev–Trinajstić information content (AvgIpc) is 2.42. The first-order valence-electron chi connectivity index (χ1n) is 6.47. The molecule has 1 aromatic carbocycles. The van der Waals surface area contributed by atoms with Crippen molar-refractivity contribution in [1.82, 2.24) is 10.2 Å². The molecular weight excluding hydrogens is 260 g/mol. The van der Waals surface area contributed by atoms with Gasteiger partial charge in [0, 0.05) is 20.1 Å². The minimum atomic E-state index is -0.919. The summed E-state index contributed by atoms with van der Waals surface area (Å²) in [6.45, 7) is 0.719. The van der Waals surface area contributed by atoms with Gasteiger partial charge in [0.1, 0.15) is 5.75 Å². The van der Waals surface area contributed by atoms with E-state index in [9.17, 15) is 9.59 Å². The number of carbonyl (C=O) groups is 2. The summed E-state index contributed by atoms with van der Waals surface area (Å²) in [5.41, 5.74) is 1.09. The standard InChI is InChI=1S/C14H20N2O4/c1-16(10-8-13(18)19)14(20)15-9-2-3-11-4-6-12(17)7-5-11/h4-7,17H,2-3,8-10H2,1H3,(H,15,20)(H,18,19). The Kier molecular flexibility index (Phi) is 6.36. The first-order valence-corrected chi connectivity index (χ1v) is 6.47. The molecule has 3 N–H and O–H groups in total. The smallest absolute Gasteiger partial charge is 0.317 e. The maximum atomic E-state index is 11.6. The van der Waals surface area contributed by atoms with E-state index in [0.29, 0.717) is 6.54 Å². The van der Waals surface area contributed by atoms with E-state index in [4.69, 9.17) is 10.2 Å². The van der Waals surface area contributed by atoms with Gasteiger partial charge in [0.05, 0.1) is 6.42 Å². The number of aliphatic carboxylic acids is 1. The molecule has 0 bridgehead atoms. The number of hydrogen-bond donors (Lipinski definition) is 3. The van der Waals surface area contributed by atoms with Crippen LogP contribution >= 0.6 is 0 Å². The quantitative estimate of drug-likeness (QED) is 0.659. The van der Waals surface area contributed by atoms with Crippen molar-refractivity contribution in [3.63, 3.8) is 0 Å². The van der Waals surface area contributed by atoms with Gasteiger partial charge < -0.3 is 20.4 Å². The lowest BCUT2D eigenvalue weighted by atomic mass is 10.1. The van der Waals surface area contributed by atoms with Crippen LogP contribution < -0.4 is 5.32 Å². The molecule has 1 aromatic rings. The van der Waals surface area contributed by atoms with Crippen LogP contribution in [0.25, 0.3) is 0 Å². The van der Waals surface area contributed by atoms with Crippen LogP contribution in [0.3, 0.4) is 0 Å². The number of carbonyl (C=O) groups excluding carboxylic acids is 1. The molecule has 6 heteroatoms. The van der Waals surface area contributed by atoms with Crippen molar-refractivity contribution in [2.24, 2.45) is 0 Å². The number of carboxylic acids is 1. The van der Waals surface area contributed by atoms with Gasteiger partial charge in [0.25, 0.3) is 0 Å². The molecule has 20 heavy (non-hydrogen) atoms. The van der Waals surface area contributed by atoms with E-state index in [0.717, 1.165) is 18.4 Å². The topological polar surface area (TPSA) is 89.9 Å². The predicted octanol–water partition coefficient (Wildman–Crippen LogP) is 1.44. The van der Waals surface area contributed by atoms with Crippen LogP contribution in [0.4, 0.5) is 4.79 Å². The Morgan fingerprint density at radius 1 is 1.25 bits per heavy atom. The summed E-state index contributed by atoms with van der Waals surface area (Å²) >= 11 is 0. The molecule has 1 rings (SSSR count). The van der Waals surface area contributed by atoms with Crippen LogP contribution in [0.2, 0.25) is 0 Å². The van der Waals surface area contributed by atoms with E-state index >= 15 is 0 Å². The number of benzene rings is 1. The van der Waals surface area contributed by atoms with Crippen molar-refractivity contribution in [2.75, 3.05) is 20.1 Å². The molecule has 0 atom stereocenters. The summed E-state index contributed by atoms with van der Waals surface area (Å²) in [6, 6.07) is 6.69. The minimum absolute atomic E-state index is 0.0581. The van der Waals surface area contributed by atoms with E-state index in [1.54, 1.807) is 19.2 Å². The third-order valence-corrected chi connectivity index (χ3v) is 2.86. The molecule has 0 aliphatic carbocycles. The molecule has 2 amide bonds. The fourth-order valence-corrected chi connectivity index (χ4v) is 1.65. The Morgan fingerprint density at radius 3 is 2.50 bits per heavy atom. The normalized spacial score (nSPS) is 10.1. The Balaban J connectivity index is 2.18. The summed E-state index contributed by atoms with van der Waals surface area (Å²) in [6.07, 6.45) is 1.53. The molecule has 0 unspecified atom stereocenters. The average molecular weight is 280 g/mol. The molecule has 0 aliphatic heterocycles. The summed E-state index contributed by atoms with van der Waals surface area (Å²) in [5.74, 6) is -0.681. The van der Waals surface area contributed by atoms with Crippen molar-refractivity contribution < 1.29 is 19.8 Å². The number of aromatic hydroxyl groups is 1. The summed E-state index contributed by atoms with van der Waals surface area (Å²) in [5, 5.41) is 20.4. The van der Waals surface area contributed by atoms with Crippen molar-refractivity contribution >= 4 is 12.0 Å². The summed E-state index contributed by atoms with van der Waals surface area (Å²) < 4.78 is 0. The summed E-state index contributed by atoms with van der Waals surface area (Å²) in [4.78, 5) is 23.3. The number of phenolic OH excluding ortho intramolecular Hbond substituents is 1. The number of phenols is 1. The van der Waals surface area contributed by atoms with Crippen molar-refractivity contribution in [2.45, 2.75) is 19.3 Å². The van der Waals surface area contributed by atoms with Crippen LogP contribution in [0.15, 0.2) is 24.3 Å². The van der Waals surface area contributed by atoms with E-state index in [-0.39, 0.29) is 24.7 Å². The maximum Gasteiger partial charge on any atom is 0.317 e. The van der Waals surface area contributed by atoms with Crippen LogP contribution in [-0.4, -0.2) is 47.3 Å². The second kappa shape index (κ2) is 8.04. The second-order valence-electron chi connectivity index (χ2n) is 4.57. The molecular formula is C14H20N2O4. The van der Waals surface area contributed by atoms with Gasteiger partial charge in [0.2, 0.25) is 0 Å². The molecule has 0 aromatic heterocycles. The molecule has 0 saturated heterocycles. The minimum Gasteiger partial charge on any atom is -0.508 e.